The second-order valence-electron chi connectivity index (χ2n) is 7.30. The summed E-state index contributed by atoms with van der Waals surface area (Å²) < 4.78 is 32.8. The third kappa shape index (κ3) is 3.52. The summed E-state index contributed by atoms with van der Waals surface area (Å²) in [6, 6.07) is 8.51. The Labute approximate surface area is 173 Å². The standard InChI is InChI=1S/C20H22N4O5S/c1-13-18(14(2)22-21-13)30(27,28)24-9-5-8-23(10-11-24)19(25)16-12-15-6-3-4-7-17(15)29-20(16)26/h3-4,6-7,12H,5,8-11H2,1-2H3,(H,21,22). The van der Waals surface area contributed by atoms with E-state index >= 15 is 0 Å². The van der Waals surface area contributed by atoms with Gasteiger partial charge in [-0.05, 0) is 32.4 Å². The fourth-order valence-electron chi connectivity index (χ4n) is 3.77. The lowest BCUT2D eigenvalue weighted by Gasteiger charge is -2.22. The number of H-pyrrole nitrogens is 1. The van der Waals surface area contributed by atoms with E-state index < -0.39 is 21.6 Å². The lowest BCUT2D eigenvalue weighted by atomic mass is 10.1. The molecule has 10 heteroatoms. The van der Waals surface area contributed by atoms with Crippen LogP contribution in [0.1, 0.15) is 28.2 Å². The zero-order chi connectivity index (χ0) is 21.5. The molecule has 1 saturated heterocycles. The summed E-state index contributed by atoms with van der Waals surface area (Å²) in [6.07, 6.45) is 0.458. The van der Waals surface area contributed by atoms with Gasteiger partial charge in [-0.2, -0.15) is 9.40 Å². The first-order chi connectivity index (χ1) is 14.3. The lowest BCUT2D eigenvalue weighted by Crippen LogP contribution is -2.38. The molecule has 3 aromatic rings. The SMILES string of the molecule is Cc1n[nH]c(C)c1S(=O)(=O)N1CCCN(C(=O)c2cc3ccccc3oc2=O)CC1. The van der Waals surface area contributed by atoms with Crippen molar-refractivity contribution in [2.75, 3.05) is 26.2 Å². The maximum absolute atomic E-state index is 13.1. The number of aromatic nitrogens is 2. The summed E-state index contributed by atoms with van der Waals surface area (Å²) in [5, 5.41) is 7.34. The molecule has 0 radical (unpaired) electrons. The van der Waals surface area contributed by atoms with Crippen LogP contribution in [0.15, 0.2) is 44.4 Å². The van der Waals surface area contributed by atoms with Crippen LogP contribution >= 0.6 is 0 Å². The van der Waals surface area contributed by atoms with Gasteiger partial charge in [-0.1, -0.05) is 18.2 Å². The van der Waals surface area contributed by atoms with Gasteiger partial charge in [0.05, 0.1) is 11.4 Å². The average Bonchev–Trinajstić information content (AvgIpc) is 2.92. The number of aryl methyl sites for hydroxylation is 2. The van der Waals surface area contributed by atoms with Crippen molar-refractivity contribution in [1.29, 1.82) is 0 Å². The third-order valence-corrected chi connectivity index (χ3v) is 7.43. The lowest BCUT2D eigenvalue weighted by molar-refractivity contribution is 0.0760. The molecule has 1 aliphatic rings. The van der Waals surface area contributed by atoms with Gasteiger partial charge in [0, 0.05) is 31.6 Å². The molecular weight excluding hydrogens is 408 g/mol. The van der Waals surface area contributed by atoms with Crippen molar-refractivity contribution < 1.29 is 17.6 Å². The van der Waals surface area contributed by atoms with Crippen LogP contribution in [0.3, 0.4) is 0 Å². The molecule has 158 valence electrons. The van der Waals surface area contributed by atoms with Gasteiger partial charge in [-0.25, -0.2) is 13.2 Å². The molecule has 0 aliphatic carbocycles. The number of hydrogen-bond acceptors (Lipinski definition) is 6. The smallest absolute Gasteiger partial charge is 0.349 e. The molecule has 4 rings (SSSR count). The molecule has 1 aliphatic heterocycles. The van der Waals surface area contributed by atoms with E-state index in [-0.39, 0.29) is 30.1 Å². The molecule has 1 amide bonds. The number of benzene rings is 1. The maximum atomic E-state index is 13.1. The summed E-state index contributed by atoms with van der Waals surface area (Å²) in [6.45, 7) is 4.25. The molecule has 0 atom stereocenters. The molecule has 9 nitrogen and oxygen atoms in total. The molecule has 30 heavy (non-hydrogen) atoms. The summed E-state index contributed by atoms with van der Waals surface area (Å²) in [5.41, 5.74) is 0.568. The summed E-state index contributed by atoms with van der Waals surface area (Å²) in [5.74, 6) is -0.454. The van der Waals surface area contributed by atoms with Crippen LogP contribution < -0.4 is 5.63 Å². The molecule has 0 spiro atoms. The quantitative estimate of drug-likeness (QED) is 0.632. The van der Waals surface area contributed by atoms with Gasteiger partial charge in [-0.3, -0.25) is 9.89 Å². The first kappa shape index (κ1) is 20.3. The molecular formula is C20H22N4O5S. The van der Waals surface area contributed by atoms with Crippen LogP contribution in [0.4, 0.5) is 0 Å². The van der Waals surface area contributed by atoms with E-state index in [1.807, 2.05) is 0 Å². The van der Waals surface area contributed by atoms with E-state index in [0.717, 1.165) is 0 Å². The summed E-state index contributed by atoms with van der Waals surface area (Å²) in [7, 11) is -3.73. The Morgan fingerprint density at radius 2 is 1.90 bits per heavy atom. The van der Waals surface area contributed by atoms with Crippen molar-refractivity contribution in [3.05, 3.63) is 57.7 Å². The number of nitrogens with one attached hydrogen (secondary N) is 1. The van der Waals surface area contributed by atoms with Crippen LogP contribution in [0.5, 0.6) is 0 Å². The predicted octanol–water partition coefficient (Wildman–Crippen LogP) is 1.67. The highest BCUT2D eigenvalue weighted by Gasteiger charge is 2.32. The fraction of sp³-hybridized carbons (Fsp3) is 0.350. The molecule has 3 heterocycles. The Bertz CT molecular complexity index is 1260. The second-order valence-corrected chi connectivity index (χ2v) is 9.17. The molecule has 0 saturated carbocycles. The van der Waals surface area contributed by atoms with Crippen LogP contribution in [0.2, 0.25) is 0 Å². The minimum absolute atomic E-state index is 0.0495. The van der Waals surface area contributed by atoms with Gasteiger partial charge in [-0.15, -0.1) is 0 Å². The molecule has 2 aromatic heterocycles. The normalized spacial score (nSPS) is 16.0. The highest BCUT2D eigenvalue weighted by molar-refractivity contribution is 7.89. The minimum atomic E-state index is -3.73. The number of hydrogen-bond donors (Lipinski definition) is 1. The van der Waals surface area contributed by atoms with Crippen molar-refractivity contribution in [2.24, 2.45) is 0 Å². The monoisotopic (exact) mass is 430 g/mol. The van der Waals surface area contributed by atoms with E-state index in [4.69, 9.17) is 4.42 Å². The van der Waals surface area contributed by atoms with Crippen molar-refractivity contribution in [3.63, 3.8) is 0 Å². The number of nitrogens with zero attached hydrogens (tertiary/aromatic N) is 3. The molecule has 1 aromatic carbocycles. The largest absolute Gasteiger partial charge is 0.422 e. The van der Waals surface area contributed by atoms with Crippen LogP contribution in [0.25, 0.3) is 11.0 Å². The van der Waals surface area contributed by atoms with E-state index in [2.05, 4.69) is 10.2 Å². The van der Waals surface area contributed by atoms with E-state index in [1.54, 1.807) is 38.1 Å². The maximum Gasteiger partial charge on any atom is 0.349 e. The highest BCUT2D eigenvalue weighted by Crippen LogP contribution is 2.23. The third-order valence-electron chi connectivity index (χ3n) is 5.27. The van der Waals surface area contributed by atoms with E-state index in [9.17, 15) is 18.0 Å². The summed E-state index contributed by atoms with van der Waals surface area (Å²) >= 11 is 0. The predicted molar refractivity (Wildman–Crippen MR) is 110 cm³/mol. The number of rotatable bonds is 3. The van der Waals surface area contributed by atoms with Gasteiger partial charge >= 0.3 is 5.63 Å². The molecule has 1 N–H and O–H groups in total. The van der Waals surface area contributed by atoms with Gasteiger partial charge in [0.15, 0.2) is 0 Å². The van der Waals surface area contributed by atoms with Crippen molar-refractivity contribution in [2.45, 2.75) is 25.2 Å². The zero-order valence-corrected chi connectivity index (χ0v) is 17.5. The van der Waals surface area contributed by atoms with Crippen LogP contribution in [-0.4, -0.2) is 59.9 Å². The van der Waals surface area contributed by atoms with Crippen LogP contribution in [0, 0.1) is 13.8 Å². The Morgan fingerprint density at radius 3 is 2.63 bits per heavy atom. The van der Waals surface area contributed by atoms with E-state index in [0.29, 0.717) is 35.3 Å². The molecule has 1 fully saturated rings. The Morgan fingerprint density at radius 1 is 1.13 bits per heavy atom. The number of carbonyl (C=O) groups excluding carboxylic acids is 1. The minimum Gasteiger partial charge on any atom is -0.422 e. The second kappa shape index (κ2) is 7.69. The Kier molecular flexibility index (Phi) is 5.20. The van der Waals surface area contributed by atoms with Crippen LogP contribution in [-0.2, 0) is 10.0 Å². The Hall–Kier alpha value is -2.98. The number of para-hydroxylation sites is 1. The van der Waals surface area contributed by atoms with Crippen molar-refractivity contribution in [3.8, 4) is 0 Å². The molecule has 0 unspecified atom stereocenters. The fourth-order valence-corrected chi connectivity index (χ4v) is 5.57. The number of amides is 1. The number of aromatic amines is 1. The zero-order valence-electron chi connectivity index (χ0n) is 16.7. The Balaban J connectivity index is 1.57. The number of carbonyl (C=O) groups is 1. The van der Waals surface area contributed by atoms with E-state index in [1.165, 1.54) is 15.3 Å². The highest BCUT2D eigenvalue weighted by atomic mass is 32.2. The summed E-state index contributed by atoms with van der Waals surface area (Å²) in [4.78, 5) is 27.0. The first-order valence-electron chi connectivity index (χ1n) is 9.63. The van der Waals surface area contributed by atoms with Crippen molar-refractivity contribution in [1.82, 2.24) is 19.4 Å². The number of fused-ring (bicyclic) bond motifs is 1. The van der Waals surface area contributed by atoms with Gasteiger partial charge in [0.2, 0.25) is 10.0 Å². The van der Waals surface area contributed by atoms with Gasteiger partial charge in [0.25, 0.3) is 5.91 Å². The molecule has 0 bridgehead atoms. The van der Waals surface area contributed by atoms with Gasteiger partial charge < -0.3 is 9.32 Å². The average molecular weight is 430 g/mol. The first-order valence-corrected chi connectivity index (χ1v) is 11.1. The topological polar surface area (TPSA) is 117 Å². The van der Waals surface area contributed by atoms with Gasteiger partial charge in [0.1, 0.15) is 16.0 Å². The van der Waals surface area contributed by atoms with Crippen molar-refractivity contribution >= 4 is 26.9 Å². The number of sulfonamides is 1.